The average Bonchev–Trinajstić information content (AvgIpc) is 2.40. The molecule has 1 N–H and O–H groups in total. The molecule has 0 saturated carbocycles. The molecule has 0 radical (unpaired) electrons. The first-order chi connectivity index (χ1) is 5.27. The van der Waals surface area contributed by atoms with Crippen LogP contribution in [0.1, 0.15) is 6.92 Å². The fourth-order valence-corrected chi connectivity index (χ4v) is 2.64. The summed E-state index contributed by atoms with van der Waals surface area (Å²) in [6.45, 7) is 7.44. The lowest BCUT2D eigenvalue weighted by Crippen LogP contribution is -2.29. The van der Waals surface area contributed by atoms with Crippen LogP contribution in [0.5, 0.6) is 0 Å². The third-order valence-electron chi connectivity index (χ3n) is 2.92. The summed E-state index contributed by atoms with van der Waals surface area (Å²) in [7, 11) is 0. The Morgan fingerprint density at radius 3 is 2.36 bits per heavy atom. The first kappa shape index (κ1) is 8.26. The Labute approximate surface area is 81.9 Å². The van der Waals surface area contributed by atoms with Gasteiger partial charge in [0.25, 0.3) is 0 Å². The SMILES string of the molecule is CC(I)N1CC2CNCC2C1. The highest BCUT2D eigenvalue weighted by Gasteiger charge is 2.36. The fourth-order valence-electron chi connectivity index (χ4n) is 2.18. The van der Waals surface area contributed by atoms with Crippen LogP contribution in [0.2, 0.25) is 0 Å². The van der Waals surface area contributed by atoms with E-state index in [1.54, 1.807) is 0 Å². The Morgan fingerprint density at radius 1 is 1.36 bits per heavy atom. The Balaban J connectivity index is 1.94. The maximum Gasteiger partial charge on any atom is 0.0590 e. The number of likely N-dealkylation sites (tertiary alicyclic amines) is 1. The van der Waals surface area contributed by atoms with Crippen molar-refractivity contribution in [1.29, 1.82) is 0 Å². The number of hydrogen-bond donors (Lipinski definition) is 1. The molecule has 2 nitrogen and oxygen atoms in total. The van der Waals surface area contributed by atoms with Crippen molar-refractivity contribution in [2.45, 2.75) is 11.0 Å². The van der Waals surface area contributed by atoms with Crippen LogP contribution in [0, 0.1) is 11.8 Å². The average molecular weight is 266 g/mol. The van der Waals surface area contributed by atoms with Crippen molar-refractivity contribution in [2.24, 2.45) is 11.8 Å². The lowest BCUT2D eigenvalue weighted by Gasteiger charge is -2.19. The van der Waals surface area contributed by atoms with Crippen LogP contribution in [-0.2, 0) is 0 Å². The second-order valence-electron chi connectivity index (χ2n) is 3.71. The Hall–Kier alpha value is 0.650. The highest BCUT2D eigenvalue weighted by atomic mass is 127. The Kier molecular flexibility index (Phi) is 2.39. The normalized spacial score (nSPS) is 40.9. The largest absolute Gasteiger partial charge is 0.316 e. The number of rotatable bonds is 1. The molecule has 2 aliphatic heterocycles. The van der Waals surface area contributed by atoms with Gasteiger partial charge in [-0.1, -0.05) is 22.6 Å². The number of nitrogens with zero attached hydrogens (tertiary/aromatic N) is 1. The van der Waals surface area contributed by atoms with E-state index in [-0.39, 0.29) is 0 Å². The molecule has 2 aliphatic rings. The highest BCUT2D eigenvalue weighted by molar-refractivity contribution is 14.1. The minimum Gasteiger partial charge on any atom is -0.316 e. The molecule has 0 aromatic heterocycles. The molecule has 0 aromatic rings. The summed E-state index contributed by atoms with van der Waals surface area (Å²) < 4.78 is 0.721. The molecular formula is C8H15IN2. The molecule has 2 heterocycles. The van der Waals surface area contributed by atoms with Gasteiger partial charge in [0.1, 0.15) is 0 Å². The second kappa shape index (κ2) is 3.18. The Bertz CT molecular complexity index is 137. The summed E-state index contributed by atoms with van der Waals surface area (Å²) >= 11 is 2.51. The van der Waals surface area contributed by atoms with E-state index in [1.807, 2.05) is 0 Å². The Morgan fingerprint density at radius 2 is 1.91 bits per heavy atom. The van der Waals surface area contributed by atoms with Crippen LogP contribution in [0.25, 0.3) is 0 Å². The number of halogens is 1. The second-order valence-corrected chi connectivity index (χ2v) is 5.51. The first-order valence-corrected chi connectivity index (χ1v) is 5.61. The van der Waals surface area contributed by atoms with Gasteiger partial charge in [0, 0.05) is 13.1 Å². The standard InChI is InChI=1S/C8H15IN2/c1-6(9)11-4-7-2-10-3-8(7)5-11/h6-8,10H,2-5H2,1H3. The smallest absolute Gasteiger partial charge is 0.0590 e. The van der Waals surface area contributed by atoms with Crippen LogP contribution >= 0.6 is 22.6 Å². The molecular weight excluding hydrogens is 251 g/mol. The minimum absolute atomic E-state index is 0.721. The molecule has 64 valence electrons. The minimum atomic E-state index is 0.721. The van der Waals surface area contributed by atoms with Crippen LogP contribution < -0.4 is 5.32 Å². The van der Waals surface area contributed by atoms with E-state index < -0.39 is 0 Å². The number of hydrogen-bond acceptors (Lipinski definition) is 2. The molecule has 3 heteroatoms. The highest BCUT2D eigenvalue weighted by Crippen LogP contribution is 2.28. The predicted octanol–water partition coefficient (Wildman–Crippen LogP) is 0.919. The molecule has 3 atom stereocenters. The van der Waals surface area contributed by atoms with E-state index in [2.05, 4.69) is 39.7 Å². The van der Waals surface area contributed by atoms with Crippen molar-refractivity contribution in [3.05, 3.63) is 0 Å². The molecule has 0 aromatic carbocycles. The van der Waals surface area contributed by atoms with Gasteiger partial charge >= 0.3 is 0 Å². The zero-order valence-corrected chi connectivity index (χ0v) is 9.04. The number of nitrogens with one attached hydrogen (secondary N) is 1. The van der Waals surface area contributed by atoms with Crippen molar-refractivity contribution in [3.63, 3.8) is 0 Å². The van der Waals surface area contributed by atoms with Gasteiger partial charge in [-0.05, 0) is 31.8 Å². The van der Waals surface area contributed by atoms with Crippen molar-refractivity contribution in [1.82, 2.24) is 10.2 Å². The summed E-state index contributed by atoms with van der Waals surface area (Å²) in [6, 6.07) is 0. The van der Waals surface area contributed by atoms with E-state index in [9.17, 15) is 0 Å². The maximum atomic E-state index is 3.45. The van der Waals surface area contributed by atoms with E-state index >= 15 is 0 Å². The van der Waals surface area contributed by atoms with Crippen molar-refractivity contribution in [3.8, 4) is 0 Å². The summed E-state index contributed by atoms with van der Waals surface area (Å²) in [5.41, 5.74) is 0. The lowest BCUT2D eigenvalue weighted by molar-refractivity contribution is 0.317. The summed E-state index contributed by atoms with van der Waals surface area (Å²) in [4.78, 5) is 2.59. The molecule has 2 rings (SSSR count). The number of alkyl halides is 1. The molecule has 2 saturated heterocycles. The van der Waals surface area contributed by atoms with Gasteiger partial charge in [0.15, 0.2) is 0 Å². The van der Waals surface area contributed by atoms with Crippen molar-refractivity contribution in [2.75, 3.05) is 26.2 Å². The van der Waals surface area contributed by atoms with Gasteiger partial charge in [-0.15, -0.1) is 0 Å². The topological polar surface area (TPSA) is 15.3 Å². The molecule has 11 heavy (non-hydrogen) atoms. The summed E-state index contributed by atoms with van der Waals surface area (Å²) in [5.74, 6) is 1.90. The van der Waals surface area contributed by atoms with Gasteiger partial charge in [0.2, 0.25) is 0 Å². The summed E-state index contributed by atoms with van der Waals surface area (Å²) in [6.07, 6.45) is 0. The maximum absolute atomic E-state index is 3.45. The third-order valence-corrected chi connectivity index (χ3v) is 3.71. The summed E-state index contributed by atoms with van der Waals surface area (Å²) in [5, 5.41) is 3.45. The van der Waals surface area contributed by atoms with Crippen LogP contribution in [0.4, 0.5) is 0 Å². The number of fused-ring (bicyclic) bond motifs is 1. The zero-order chi connectivity index (χ0) is 7.84. The van der Waals surface area contributed by atoms with Crippen LogP contribution in [0.15, 0.2) is 0 Å². The van der Waals surface area contributed by atoms with Crippen molar-refractivity contribution < 1.29 is 0 Å². The van der Waals surface area contributed by atoms with Gasteiger partial charge in [0.05, 0.1) is 4.05 Å². The predicted molar refractivity (Wildman–Crippen MR) is 54.9 cm³/mol. The van der Waals surface area contributed by atoms with E-state index in [1.165, 1.54) is 26.2 Å². The van der Waals surface area contributed by atoms with E-state index in [4.69, 9.17) is 0 Å². The van der Waals surface area contributed by atoms with Crippen LogP contribution in [0.3, 0.4) is 0 Å². The quantitative estimate of drug-likeness (QED) is 0.431. The molecule has 0 bridgehead atoms. The van der Waals surface area contributed by atoms with Gasteiger partial charge in [-0.2, -0.15) is 0 Å². The monoisotopic (exact) mass is 266 g/mol. The fraction of sp³-hybridized carbons (Fsp3) is 1.00. The van der Waals surface area contributed by atoms with E-state index in [0.29, 0.717) is 0 Å². The van der Waals surface area contributed by atoms with Crippen molar-refractivity contribution >= 4 is 22.6 Å². The molecule has 0 aliphatic carbocycles. The lowest BCUT2D eigenvalue weighted by atomic mass is 10.0. The molecule has 0 spiro atoms. The molecule has 3 unspecified atom stereocenters. The third kappa shape index (κ3) is 1.55. The van der Waals surface area contributed by atoms with Gasteiger partial charge in [-0.25, -0.2) is 0 Å². The molecule has 2 fully saturated rings. The van der Waals surface area contributed by atoms with Gasteiger partial charge in [-0.3, -0.25) is 4.90 Å². The van der Waals surface area contributed by atoms with Crippen LogP contribution in [-0.4, -0.2) is 35.1 Å². The van der Waals surface area contributed by atoms with E-state index in [0.717, 1.165) is 15.9 Å². The molecule has 0 amide bonds. The first-order valence-electron chi connectivity index (χ1n) is 4.36. The van der Waals surface area contributed by atoms with Gasteiger partial charge < -0.3 is 5.32 Å². The zero-order valence-electron chi connectivity index (χ0n) is 6.89.